The first-order valence-electron chi connectivity index (χ1n) is 5.42. The number of carbonyl (C=O) groups is 1. The molecule has 0 saturated carbocycles. The fourth-order valence-corrected chi connectivity index (χ4v) is 1.94. The lowest BCUT2D eigenvalue weighted by atomic mass is 9.92. The number of nitrogens with zero attached hydrogens (tertiary/aromatic N) is 1. The summed E-state index contributed by atoms with van der Waals surface area (Å²) < 4.78 is 0. The minimum Gasteiger partial charge on any atom is -0.338 e. The highest BCUT2D eigenvalue weighted by molar-refractivity contribution is 5.85. The van der Waals surface area contributed by atoms with E-state index in [2.05, 4.69) is 13.8 Å². The van der Waals surface area contributed by atoms with Gasteiger partial charge in [-0.1, -0.05) is 6.92 Å². The fourth-order valence-electron chi connectivity index (χ4n) is 1.94. The molecule has 1 heterocycles. The van der Waals surface area contributed by atoms with Gasteiger partial charge in [-0.25, -0.2) is 0 Å². The normalized spacial score (nSPS) is 29.1. The average molecular weight is 198 g/mol. The lowest BCUT2D eigenvalue weighted by Gasteiger charge is -2.40. The van der Waals surface area contributed by atoms with Crippen LogP contribution in [-0.2, 0) is 4.79 Å². The highest BCUT2D eigenvalue weighted by Crippen LogP contribution is 2.23. The number of hydrogen-bond acceptors (Lipinski definition) is 2. The van der Waals surface area contributed by atoms with Crippen LogP contribution in [0.25, 0.3) is 0 Å². The van der Waals surface area contributed by atoms with E-state index < -0.39 is 5.54 Å². The van der Waals surface area contributed by atoms with E-state index in [0.29, 0.717) is 12.0 Å². The number of hydrogen-bond donors (Lipinski definition) is 1. The van der Waals surface area contributed by atoms with Crippen molar-refractivity contribution in [1.29, 1.82) is 0 Å². The van der Waals surface area contributed by atoms with Crippen LogP contribution in [0.15, 0.2) is 0 Å². The molecule has 3 heteroatoms. The summed E-state index contributed by atoms with van der Waals surface area (Å²) in [5.41, 5.74) is 5.10. The highest BCUT2D eigenvalue weighted by Gasteiger charge is 2.33. The van der Waals surface area contributed by atoms with Crippen LogP contribution < -0.4 is 5.73 Å². The maximum absolute atomic E-state index is 12.0. The van der Waals surface area contributed by atoms with Gasteiger partial charge in [0.2, 0.25) is 5.91 Å². The van der Waals surface area contributed by atoms with Crippen LogP contribution in [-0.4, -0.2) is 28.9 Å². The monoisotopic (exact) mass is 198 g/mol. The third-order valence-electron chi connectivity index (χ3n) is 2.93. The van der Waals surface area contributed by atoms with E-state index in [0.717, 1.165) is 13.0 Å². The Balaban J connectivity index is 2.70. The minimum absolute atomic E-state index is 0.0801. The molecule has 1 aliphatic heterocycles. The standard InChI is InChI=1S/C11H22N2O/c1-8-5-6-9(2)13(7-8)10(14)11(3,4)12/h8-9H,5-7,12H2,1-4H3. The Kier molecular flexibility index (Phi) is 3.20. The molecule has 1 fully saturated rings. The van der Waals surface area contributed by atoms with Gasteiger partial charge in [0.25, 0.3) is 0 Å². The molecule has 0 bridgehead atoms. The van der Waals surface area contributed by atoms with Crippen molar-refractivity contribution in [2.75, 3.05) is 6.54 Å². The van der Waals surface area contributed by atoms with Gasteiger partial charge in [0.1, 0.15) is 0 Å². The molecule has 1 rings (SSSR count). The molecule has 82 valence electrons. The van der Waals surface area contributed by atoms with Crippen LogP contribution in [0, 0.1) is 5.92 Å². The molecule has 2 N–H and O–H groups in total. The molecule has 1 saturated heterocycles. The Labute approximate surface area is 86.6 Å². The zero-order valence-electron chi connectivity index (χ0n) is 9.71. The van der Waals surface area contributed by atoms with E-state index >= 15 is 0 Å². The van der Waals surface area contributed by atoms with Crippen LogP contribution >= 0.6 is 0 Å². The lowest BCUT2D eigenvalue weighted by Crippen LogP contribution is -2.56. The predicted octanol–water partition coefficient (Wildman–Crippen LogP) is 1.37. The highest BCUT2D eigenvalue weighted by atomic mass is 16.2. The van der Waals surface area contributed by atoms with E-state index in [1.807, 2.05) is 4.90 Å². The summed E-state index contributed by atoms with van der Waals surface area (Å²) in [6, 6.07) is 0.349. The van der Waals surface area contributed by atoms with Gasteiger partial charge in [0.15, 0.2) is 0 Å². The first-order valence-corrected chi connectivity index (χ1v) is 5.42. The predicted molar refractivity (Wildman–Crippen MR) is 57.8 cm³/mol. The van der Waals surface area contributed by atoms with E-state index in [9.17, 15) is 4.79 Å². The molecule has 0 aromatic rings. The van der Waals surface area contributed by atoms with Crippen molar-refractivity contribution in [2.24, 2.45) is 11.7 Å². The SMILES string of the molecule is CC1CCC(C)N(C(=O)C(C)(C)N)C1. The minimum atomic E-state index is -0.731. The van der Waals surface area contributed by atoms with Gasteiger partial charge in [0, 0.05) is 12.6 Å². The summed E-state index contributed by atoms with van der Waals surface area (Å²) in [6.07, 6.45) is 2.32. The first-order chi connectivity index (χ1) is 6.32. The second-order valence-corrected chi connectivity index (χ2v) is 5.21. The first kappa shape index (κ1) is 11.5. The van der Waals surface area contributed by atoms with Crippen molar-refractivity contribution < 1.29 is 4.79 Å². The van der Waals surface area contributed by atoms with Crippen LogP contribution in [0.1, 0.15) is 40.5 Å². The summed E-state index contributed by atoms with van der Waals surface area (Å²) in [6.45, 7) is 8.72. The van der Waals surface area contributed by atoms with Crippen molar-refractivity contribution in [3.05, 3.63) is 0 Å². The average Bonchev–Trinajstić information content (AvgIpc) is 2.06. The summed E-state index contributed by atoms with van der Waals surface area (Å²) in [4.78, 5) is 13.9. The number of piperidine rings is 1. The molecule has 1 amide bonds. The Morgan fingerprint density at radius 2 is 1.93 bits per heavy atom. The molecular weight excluding hydrogens is 176 g/mol. The number of amides is 1. The third-order valence-corrected chi connectivity index (χ3v) is 2.93. The molecule has 14 heavy (non-hydrogen) atoms. The van der Waals surface area contributed by atoms with Crippen molar-refractivity contribution in [2.45, 2.75) is 52.1 Å². The van der Waals surface area contributed by atoms with Crippen LogP contribution in [0.2, 0.25) is 0 Å². The zero-order valence-corrected chi connectivity index (χ0v) is 9.71. The largest absolute Gasteiger partial charge is 0.338 e. The van der Waals surface area contributed by atoms with Gasteiger partial charge < -0.3 is 10.6 Å². The van der Waals surface area contributed by atoms with E-state index in [4.69, 9.17) is 5.73 Å². The van der Waals surface area contributed by atoms with E-state index in [1.165, 1.54) is 6.42 Å². The smallest absolute Gasteiger partial charge is 0.242 e. The molecule has 0 radical (unpaired) electrons. The van der Waals surface area contributed by atoms with Gasteiger partial charge in [-0.3, -0.25) is 4.79 Å². The third kappa shape index (κ3) is 2.47. The Morgan fingerprint density at radius 3 is 2.43 bits per heavy atom. The van der Waals surface area contributed by atoms with Crippen molar-refractivity contribution in [3.8, 4) is 0 Å². The van der Waals surface area contributed by atoms with Gasteiger partial charge in [0.05, 0.1) is 5.54 Å². The number of nitrogens with two attached hydrogens (primary N) is 1. The molecular formula is C11H22N2O. The zero-order chi connectivity index (χ0) is 10.9. The van der Waals surface area contributed by atoms with Crippen LogP contribution in [0.3, 0.4) is 0 Å². The Bertz CT molecular complexity index is 220. The Hall–Kier alpha value is -0.570. The van der Waals surface area contributed by atoms with Crippen molar-refractivity contribution in [3.63, 3.8) is 0 Å². The van der Waals surface area contributed by atoms with E-state index in [-0.39, 0.29) is 5.91 Å². The molecule has 0 spiro atoms. The summed E-state index contributed by atoms with van der Waals surface area (Å²) in [7, 11) is 0. The maximum Gasteiger partial charge on any atom is 0.242 e. The number of likely N-dealkylation sites (tertiary alicyclic amines) is 1. The summed E-state index contributed by atoms with van der Waals surface area (Å²) in [5.74, 6) is 0.689. The van der Waals surface area contributed by atoms with Gasteiger partial charge in [-0.15, -0.1) is 0 Å². The Morgan fingerprint density at radius 1 is 1.36 bits per heavy atom. The lowest BCUT2D eigenvalue weighted by molar-refractivity contribution is -0.140. The van der Waals surface area contributed by atoms with Gasteiger partial charge >= 0.3 is 0 Å². The van der Waals surface area contributed by atoms with Crippen LogP contribution in [0.4, 0.5) is 0 Å². The van der Waals surface area contributed by atoms with Crippen molar-refractivity contribution in [1.82, 2.24) is 4.90 Å². The van der Waals surface area contributed by atoms with Crippen molar-refractivity contribution >= 4 is 5.91 Å². The maximum atomic E-state index is 12.0. The second-order valence-electron chi connectivity index (χ2n) is 5.21. The second kappa shape index (κ2) is 3.89. The fraction of sp³-hybridized carbons (Fsp3) is 0.909. The molecule has 2 unspecified atom stereocenters. The summed E-state index contributed by atoms with van der Waals surface area (Å²) in [5, 5.41) is 0. The summed E-state index contributed by atoms with van der Waals surface area (Å²) >= 11 is 0. The number of rotatable bonds is 1. The molecule has 0 aromatic heterocycles. The molecule has 0 aliphatic carbocycles. The van der Waals surface area contributed by atoms with E-state index in [1.54, 1.807) is 13.8 Å². The molecule has 0 aromatic carbocycles. The number of carbonyl (C=O) groups excluding carboxylic acids is 1. The van der Waals surface area contributed by atoms with Gasteiger partial charge in [-0.05, 0) is 39.5 Å². The quantitative estimate of drug-likeness (QED) is 0.691. The van der Waals surface area contributed by atoms with Gasteiger partial charge in [-0.2, -0.15) is 0 Å². The molecule has 3 nitrogen and oxygen atoms in total. The van der Waals surface area contributed by atoms with Crippen LogP contribution in [0.5, 0.6) is 0 Å². The molecule has 1 aliphatic rings. The topological polar surface area (TPSA) is 46.3 Å². The molecule has 2 atom stereocenters.